The number of esters is 1. The van der Waals surface area contributed by atoms with E-state index in [0.29, 0.717) is 5.56 Å². The lowest BCUT2D eigenvalue weighted by atomic mass is 9.97. The van der Waals surface area contributed by atoms with Gasteiger partial charge in [-0.25, -0.2) is 4.79 Å². The van der Waals surface area contributed by atoms with Crippen LogP contribution in [0.1, 0.15) is 48.2 Å². The van der Waals surface area contributed by atoms with Crippen LogP contribution in [0, 0.1) is 0 Å². The summed E-state index contributed by atoms with van der Waals surface area (Å²) in [6.07, 6.45) is 4.34. The van der Waals surface area contributed by atoms with Gasteiger partial charge in [0.1, 0.15) is 0 Å². The van der Waals surface area contributed by atoms with Crippen molar-refractivity contribution in [3.05, 3.63) is 34.9 Å². The molecule has 0 N–H and O–H groups in total. The number of carbonyl (C=O) groups is 1. The summed E-state index contributed by atoms with van der Waals surface area (Å²) in [5.41, 5.74) is 3.30. The van der Waals surface area contributed by atoms with E-state index in [1.54, 1.807) is 0 Å². The maximum absolute atomic E-state index is 11.4. The van der Waals surface area contributed by atoms with E-state index in [-0.39, 0.29) is 5.97 Å². The number of rotatable bonds is 5. The summed E-state index contributed by atoms with van der Waals surface area (Å²) in [6, 6.07) is 5.89. The predicted molar refractivity (Wildman–Crippen MR) is 65.8 cm³/mol. The Balaban J connectivity index is 3.01. The maximum Gasteiger partial charge on any atom is 0.337 e. The van der Waals surface area contributed by atoms with Crippen LogP contribution in [0.2, 0.25) is 0 Å². The first-order chi connectivity index (χ1) is 7.72. The lowest BCUT2D eigenvalue weighted by Crippen LogP contribution is -2.04. The Hall–Kier alpha value is -1.31. The van der Waals surface area contributed by atoms with E-state index in [0.717, 1.165) is 25.7 Å². The fraction of sp³-hybridized carbons (Fsp3) is 0.500. The first-order valence-corrected chi connectivity index (χ1v) is 5.93. The largest absolute Gasteiger partial charge is 0.465 e. The highest BCUT2D eigenvalue weighted by Gasteiger charge is 2.08. The van der Waals surface area contributed by atoms with Crippen molar-refractivity contribution in [1.82, 2.24) is 0 Å². The summed E-state index contributed by atoms with van der Waals surface area (Å²) in [7, 11) is 1.42. The van der Waals surface area contributed by atoms with E-state index in [9.17, 15) is 4.79 Å². The van der Waals surface area contributed by atoms with Gasteiger partial charge in [0.15, 0.2) is 0 Å². The Morgan fingerprint density at radius 3 is 2.31 bits per heavy atom. The van der Waals surface area contributed by atoms with Crippen molar-refractivity contribution in [2.24, 2.45) is 0 Å². The molecule has 0 heterocycles. The Morgan fingerprint density at radius 2 is 1.75 bits per heavy atom. The zero-order chi connectivity index (χ0) is 12.0. The zero-order valence-electron chi connectivity index (χ0n) is 10.4. The molecule has 2 nitrogen and oxygen atoms in total. The second-order valence-corrected chi connectivity index (χ2v) is 3.98. The maximum atomic E-state index is 11.4. The molecule has 0 spiro atoms. The van der Waals surface area contributed by atoms with Crippen LogP contribution in [0.3, 0.4) is 0 Å². The van der Waals surface area contributed by atoms with Crippen LogP contribution in [0.4, 0.5) is 0 Å². The van der Waals surface area contributed by atoms with E-state index in [4.69, 9.17) is 4.74 Å². The molecule has 0 atom stereocenters. The molecule has 0 aliphatic heterocycles. The van der Waals surface area contributed by atoms with E-state index in [1.807, 2.05) is 12.1 Å². The Morgan fingerprint density at radius 1 is 1.12 bits per heavy atom. The van der Waals surface area contributed by atoms with Gasteiger partial charge in [0.25, 0.3) is 0 Å². The minimum absolute atomic E-state index is 0.250. The molecule has 0 aliphatic rings. The monoisotopic (exact) mass is 220 g/mol. The Kier molecular flexibility index (Phi) is 5.03. The first-order valence-electron chi connectivity index (χ1n) is 5.93. The fourth-order valence-corrected chi connectivity index (χ4v) is 1.89. The molecule has 0 aliphatic carbocycles. The molecule has 0 saturated heterocycles. The molecule has 0 amide bonds. The molecule has 0 aromatic heterocycles. The average molecular weight is 220 g/mol. The summed E-state index contributed by atoms with van der Waals surface area (Å²) >= 11 is 0. The summed E-state index contributed by atoms with van der Waals surface area (Å²) in [6.45, 7) is 4.32. The van der Waals surface area contributed by atoms with E-state index < -0.39 is 0 Å². The molecule has 88 valence electrons. The topological polar surface area (TPSA) is 26.3 Å². The average Bonchev–Trinajstić information content (AvgIpc) is 2.31. The number of hydrogen-bond donors (Lipinski definition) is 0. The zero-order valence-corrected chi connectivity index (χ0v) is 10.4. The molecule has 2 heteroatoms. The number of ether oxygens (including phenoxy) is 1. The van der Waals surface area contributed by atoms with E-state index >= 15 is 0 Å². The van der Waals surface area contributed by atoms with Crippen LogP contribution in [-0.2, 0) is 17.6 Å². The van der Waals surface area contributed by atoms with Gasteiger partial charge in [-0.2, -0.15) is 0 Å². The SMILES string of the molecule is CCCc1ccc(C(=O)OC)cc1CCC. The Bertz CT molecular complexity index is 356. The summed E-state index contributed by atoms with van der Waals surface area (Å²) in [4.78, 5) is 11.4. The number of aryl methyl sites for hydroxylation is 2. The van der Waals surface area contributed by atoms with Crippen LogP contribution in [-0.4, -0.2) is 13.1 Å². The molecule has 0 unspecified atom stereocenters. The first kappa shape index (κ1) is 12.8. The minimum atomic E-state index is -0.250. The molecule has 16 heavy (non-hydrogen) atoms. The van der Waals surface area contributed by atoms with Crippen LogP contribution >= 0.6 is 0 Å². The van der Waals surface area contributed by atoms with Crippen molar-refractivity contribution >= 4 is 5.97 Å². The highest BCUT2D eigenvalue weighted by molar-refractivity contribution is 5.89. The third-order valence-electron chi connectivity index (χ3n) is 2.67. The van der Waals surface area contributed by atoms with Gasteiger partial charge in [-0.05, 0) is 36.1 Å². The van der Waals surface area contributed by atoms with Crippen LogP contribution < -0.4 is 0 Å². The van der Waals surface area contributed by atoms with Crippen molar-refractivity contribution in [2.45, 2.75) is 39.5 Å². The van der Waals surface area contributed by atoms with Gasteiger partial charge in [-0.15, -0.1) is 0 Å². The third kappa shape index (κ3) is 3.09. The van der Waals surface area contributed by atoms with Crippen molar-refractivity contribution < 1.29 is 9.53 Å². The third-order valence-corrected chi connectivity index (χ3v) is 2.67. The number of hydrogen-bond acceptors (Lipinski definition) is 2. The predicted octanol–water partition coefficient (Wildman–Crippen LogP) is 3.38. The molecule has 0 saturated carbocycles. The van der Waals surface area contributed by atoms with E-state index in [1.165, 1.54) is 18.2 Å². The van der Waals surface area contributed by atoms with Crippen molar-refractivity contribution in [2.75, 3.05) is 7.11 Å². The fourth-order valence-electron chi connectivity index (χ4n) is 1.89. The lowest BCUT2D eigenvalue weighted by molar-refractivity contribution is 0.0600. The smallest absolute Gasteiger partial charge is 0.337 e. The molecule has 1 rings (SSSR count). The second kappa shape index (κ2) is 6.31. The van der Waals surface area contributed by atoms with Gasteiger partial charge in [-0.1, -0.05) is 32.8 Å². The van der Waals surface area contributed by atoms with Crippen LogP contribution in [0.25, 0.3) is 0 Å². The van der Waals surface area contributed by atoms with Gasteiger partial charge in [-0.3, -0.25) is 0 Å². The Labute approximate surface area is 97.6 Å². The van der Waals surface area contributed by atoms with Gasteiger partial charge in [0.2, 0.25) is 0 Å². The second-order valence-electron chi connectivity index (χ2n) is 3.98. The normalized spacial score (nSPS) is 10.2. The molecule has 1 aromatic rings. The lowest BCUT2D eigenvalue weighted by Gasteiger charge is -2.09. The van der Waals surface area contributed by atoms with Crippen molar-refractivity contribution in [1.29, 1.82) is 0 Å². The highest BCUT2D eigenvalue weighted by atomic mass is 16.5. The molecule has 0 bridgehead atoms. The summed E-state index contributed by atoms with van der Waals surface area (Å²) in [5.74, 6) is -0.250. The molecule has 0 fully saturated rings. The van der Waals surface area contributed by atoms with Gasteiger partial charge in [0.05, 0.1) is 12.7 Å². The minimum Gasteiger partial charge on any atom is -0.465 e. The van der Waals surface area contributed by atoms with Gasteiger partial charge in [0, 0.05) is 0 Å². The summed E-state index contributed by atoms with van der Waals surface area (Å²) < 4.78 is 4.73. The van der Waals surface area contributed by atoms with Crippen LogP contribution in [0.15, 0.2) is 18.2 Å². The standard InChI is InChI=1S/C14H20O2/c1-4-6-11-8-9-13(14(15)16-3)10-12(11)7-5-2/h8-10H,4-7H2,1-3H3. The number of carbonyl (C=O) groups excluding carboxylic acids is 1. The molecular weight excluding hydrogens is 200 g/mol. The molecular formula is C14H20O2. The highest BCUT2D eigenvalue weighted by Crippen LogP contribution is 2.16. The van der Waals surface area contributed by atoms with Crippen LogP contribution in [0.5, 0.6) is 0 Å². The quantitative estimate of drug-likeness (QED) is 0.711. The summed E-state index contributed by atoms with van der Waals surface area (Å²) in [5, 5.41) is 0. The van der Waals surface area contributed by atoms with Gasteiger partial charge >= 0.3 is 5.97 Å². The number of methoxy groups -OCH3 is 1. The van der Waals surface area contributed by atoms with Crippen molar-refractivity contribution in [3.63, 3.8) is 0 Å². The van der Waals surface area contributed by atoms with Crippen molar-refractivity contribution in [3.8, 4) is 0 Å². The van der Waals surface area contributed by atoms with Gasteiger partial charge < -0.3 is 4.74 Å². The number of benzene rings is 1. The van der Waals surface area contributed by atoms with E-state index in [2.05, 4.69) is 19.9 Å². The molecule has 0 radical (unpaired) electrons. The molecule has 1 aromatic carbocycles.